The van der Waals surface area contributed by atoms with Crippen LogP contribution in [-0.4, -0.2) is 36.3 Å². The molecule has 0 bridgehead atoms. The first-order valence-electron chi connectivity index (χ1n) is 6.00. The molecular weight excluding hydrogens is 216 g/mol. The van der Waals surface area contributed by atoms with Gasteiger partial charge in [0.15, 0.2) is 0 Å². The molecule has 0 amide bonds. The summed E-state index contributed by atoms with van der Waals surface area (Å²) in [5, 5.41) is 6.29. The molecule has 0 unspecified atom stereocenters. The molecule has 1 aliphatic carbocycles. The molecule has 1 aromatic rings. The third kappa shape index (κ3) is 2.66. The van der Waals surface area contributed by atoms with Gasteiger partial charge in [-0.05, 0) is 26.2 Å². The minimum atomic E-state index is 0.0126. The van der Waals surface area contributed by atoms with Crippen molar-refractivity contribution in [1.82, 2.24) is 9.97 Å². The number of ether oxygens (including phenoxy) is 1. The first-order valence-corrected chi connectivity index (χ1v) is 6.00. The lowest BCUT2D eigenvalue weighted by Crippen LogP contribution is -2.45. The van der Waals surface area contributed by atoms with Gasteiger partial charge in [0.2, 0.25) is 5.95 Å². The van der Waals surface area contributed by atoms with Gasteiger partial charge in [0, 0.05) is 32.5 Å². The van der Waals surface area contributed by atoms with E-state index in [1.807, 2.05) is 20.0 Å². The summed E-state index contributed by atoms with van der Waals surface area (Å²) in [6, 6.07) is 1.95. The number of aromatic nitrogens is 2. The zero-order chi connectivity index (χ0) is 12.3. The van der Waals surface area contributed by atoms with E-state index < -0.39 is 0 Å². The van der Waals surface area contributed by atoms with E-state index in [4.69, 9.17) is 4.74 Å². The lowest BCUT2D eigenvalue weighted by atomic mass is 9.80. The van der Waals surface area contributed by atoms with Crippen LogP contribution in [0.15, 0.2) is 6.07 Å². The number of aryl methyl sites for hydroxylation is 1. The molecule has 2 N–H and O–H groups in total. The average Bonchev–Trinajstić information content (AvgIpc) is 2.27. The Kier molecular flexibility index (Phi) is 3.47. The molecule has 1 saturated carbocycles. The van der Waals surface area contributed by atoms with Crippen molar-refractivity contribution in [2.75, 3.05) is 31.3 Å². The van der Waals surface area contributed by atoms with Crippen molar-refractivity contribution in [1.29, 1.82) is 0 Å². The highest BCUT2D eigenvalue weighted by Crippen LogP contribution is 2.34. The van der Waals surface area contributed by atoms with Gasteiger partial charge in [0.05, 0.1) is 5.60 Å². The van der Waals surface area contributed by atoms with E-state index in [2.05, 4.69) is 20.6 Å². The summed E-state index contributed by atoms with van der Waals surface area (Å²) >= 11 is 0. The van der Waals surface area contributed by atoms with Crippen LogP contribution in [0.4, 0.5) is 11.8 Å². The summed E-state index contributed by atoms with van der Waals surface area (Å²) in [6.45, 7) is 2.77. The first-order chi connectivity index (χ1) is 8.17. The average molecular weight is 236 g/mol. The van der Waals surface area contributed by atoms with Gasteiger partial charge in [-0.1, -0.05) is 0 Å². The van der Waals surface area contributed by atoms with Crippen LogP contribution in [0.2, 0.25) is 0 Å². The SMILES string of the molecule is CNc1nc(C)cc(NCC2(OC)CCC2)n1. The standard InChI is InChI=1S/C12H20N4O/c1-9-7-10(16-11(13-2)15-9)14-8-12(17-3)5-4-6-12/h7H,4-6,8H2,1-3H3,(H2,13,14,15,16). The van der Waals surface area contributed by atoms with Gasteiger partial charge in [-0.2, -0.15) is 4.98 Å². The van der Waals surface area contributed by atoms with Gasteiger partial charge in [0.1, 0.15) is 5.82 Å². The summed E-state index contributed by atoms with van der Waals surface area (Å²) in [5.41, 5.74) is 0.963. The van der Waals surface area contributed by atoms with Gasteiger partial charge in [-0.3, -0.25) is 0 Å². The van der Waals surface area contributed by atoms with E-state index in [9.17, 15) is 0 Å². The van der Waals surface area contributed by atoms with Gasteiger partial charge >= 0.3 is 0 Å². The second-order valence-electron chi connectivity index (χ2n) is 4.56. The molecule has 0 spiro atoms. The number of hydrogen-bond donors (Lipinski definition) is 2. The van der Waals surface area contributed by atoms with Gasteiger partial charge < -0.3 is 15.4 Å². The Bertz CT molecular complexity index is 385. The molecule has 17 heavy (non-hydrogen) atoms. The van der Waals surface area contributed by atoms with Crippen molar-refractivity contribution in [3.8, 4) is 0 Å². The number of methoxy groups -OCH3 is 1. The first kappa shape index (κ1) is 12.1. The molecule has 0 atom stereocenters. The van der Waals surface area contributed by atoms with Gasteiger partial charge in [-0.25, -0.2) is 4.98 Å². The van der Waals surface area contributed by atoms with E-state index in [0.717, 1.165) is 30.9 Å². The Morgan fingerprint density at radius 1 is 1.41 bits per heavy atom. The second-order valence-corrected chi connectivity index (χ2v) is 4.56. The zero-order valence-corrected chi connectivity index (χ0v) is 10.7. The van der Waals surface area contributed by atoms with E-state index in [-0.39, 0.29) is 5.60 Å². The molecule has 1 aliphatic rings. The van der Waals surface area contributed by atoms with Crippen molar-refractivity contribution >= 4 is 11.8 Å². The molecular formula is C12H20N4O. The summed E-state index contributed by atoms with van der Waals surface area (Å²) in [7, 11) is 3.60. The highest BCUT2D eigenvalue weighted by molar-refractivity contribution is 5.42. The quantitative estimate of drug-likeness (QED) is 0.816. The van der Waals surface area contributed by atoms with Crippen molar-refractivity contribution in [2.45, 2.75) is 31.8 Å². The van der Waals surface area contributed by atoms with Crippen molar-refractivity contribution < 1.29 is 4.74 Å². The minimum Gasteiger partial charge on any atom is -0.376 e. The molecule has 94 valence electrons. The Morgan fingerprint density at radius 2 is 2.18 bits per heavy atom. The largest absolute Gasteiger partial charge is 0.376 e. The number of rotatable bonds is 5. The van der Waals surface area contributed by atoms with Crippen molar-refractivity contribution in [3.63, 3.8) is 0 Å². The molecule has 5 heteroatoms. The Morgan fingerprint density at radius 3 is 2.71 bits per heavy atom. The normalized spacial score (nSPS) is 17.4. The fourth-order valence-electron chi connectivity index (χ4n) is 2.05. The summed E-state index contributed by atoms with van der Waals surface area (Å²) in [5.74, 6) is 1.50. The monoisotopic (exact) mass is 236 g/mol. The highest BCUT2D eigenvalue weighted by atomic mass is 16.5. The van der Waals surface area contributed by atoms with Crippen molar-refractivity contribution in [2.24, 2.45) is 0 Å². The lowest BCUT2D eigenvalue weighted by molar-refractivity contribution is -0.0601. The van der Waals surface area contributed by atoms with E-state index in [1.54, 1.807) is 7.11 Å². The van der Waals surface area contributed by atoms with Crippen LogP contribution in [0.1, 0.15) is 25.0 Å². The third-order valence-corrected chi connectivity index (χ3v) is 3.37. The molecule has 1 aromatic heterocycles. The maximum Gasteiger partial charge on any atom is 0.224 e. The number of hydrogen-bond acceptors (Lipinski definition) is 5. The van der Waals surface area contributed by atoms with Crippen LogP contribution in [0.3, 0.4) is 0 Å². The predicted octanol–water partition coefficient (Wildman–Crippen LogP) is 1.81. The van der Waals surface area contributed by atoms with Crippen LogP contribution in [0.25, 0.3) is 0 Å². The van der Waals surface area contributed by atoms with Crippen molar-refractivity contribution in [3.05, 3.63) is 11.8 Å². The fraction of sp³-hybridized carbons (Fsp3) is 0.667. The van der Waals surface area contributed by atoms with Crippen LogP contribution in [0.5, 0.6) is 0 Å². The van der Waals surface area contributed by atoms with Gasteiger partial charge in [-0.15, -0.1) is 0 Å². The van der Waals surface area contributed by atoms with E-state index in [0.29, 0.717) is 5.95 Å². The number of anilines is 2. The predicted molar refractivity (Wildman–Crippen MR) is 68.4 cm³/mol. The Balaban J connectivity index is 2.01. The molecule has 2 rings (SSSR count). The lowest BCUT2D eigenvalue weighted by Gasteiger charge is -2.40. The topological polar surface area (TPSA) is 59.1 Å². The Labute approximate surface area is 102 Å². The molecule has 1 heterocycles. The zero-order valence-electron chi connectivity index (χ0n) is 10.7. The summed E-state index contributed by atoms with van der Waals surface area (Å²) in [6.07, 6.45) is 3.50. The second kappa shape index (κ2) is 4.87. The van der Waals surface area contributed by atoms with Crippen LogP contribution in [0, 0.1) is 6.92 Å². The number of nitrogens with one attached hydrogen (secondary N) is 2. The van der Waals surface area contributed by atoms with Crippen LogP contribution >= 0.6 is 0 Å². The number of nitrogens with zero attached hydrogens (tertiary/aromatic N) is 2. The van der Waals surface area contributed by atoms with Crippen LogP contribution < -0.4 is 10.6 Å². The maximum absolute atomic E-state index is 5.56. The maximum atomic E-state index is 5.56. The van der Waals surface area contributed by atoms with Crippen LogP contribution in [-0.2, 0) is 4.74 Å². The molecule has 0 aliphatic heterocycles. The van der Waals surface area contributed by atoms with Gasteiger partial charge in [0.25, 0.3) is 0 Å². The summed E-state index contributed by atoms with van der Waals surface area (Å²) in [4.78, 5) is 8.62. The molecule has 5 nitrogen and oxygen atoms in total. The minimum absolute atomic E-state index is 0.0126. The highest BCUT2D eigenvalue weighted by Gasteiger charge is 2.36. The fourth-order valence-corrected chi connectivity index (χ4v) is 2.05. The molecule has 0 saturated heterocycles. The van der Waals surface area contributed by atoms with E-state index >= 15 is 0 Å². The van der Waals surface area contributed by atoms with E-state index in [1.165, 1.54) is 6.42 Å². The smallest absolute Gasteiger partial charge is 0.224 e. The molecule has 1 fully saturated rings. The Hall–Kier alpha value is -1.36. The molecule has 0 aromatic carbocycles. The summed E-state index contributed by atoms with van der Waals surface area (Å²) < 4.78 is 5.56. The molecule has 0 radical (unpaired) electrons. The third-order valence-electron chi connectivity index (χ3n) is 3.37.